The number of hydrogen-bond acceptors (Lipinski definition) is 6. The second kappa shape index (κ2) is 9.79. The number of anilines is 1. The summed E-state index contributed by atoms with van der Waals surface area (Å²) in [5.74, 6) is 0.915. The molecule has 4 rings (SSSR count). The van der Waals surface area contributed by atoms with E-state index in [1.165, 1.54) is 0 Å². The van der Waals surface area contributed by atoms with Crippen LogP contribution in [0.25, 0.3) is 11.3 Å². The third-order valence-corrected chi connectivity index (χ3v) is 6.66. The minimum atomic E-state index is 0.304. The summed E-state index contributed by atoms with van der Waals surface area (Å²) in [5.41, 5.74) is 1.70. The Bertz CT molecular complexity index is 840. The van der Waals surface area contributed by atoms with Gasteiger partial charge in [0.2, 0.25) is 0 Å². The molecule has 8 heteroatoms. The van der Waals surface area contributed by atoms with Crippen molar-refractivity contribution in [3.63, 3.8) is 0 Å². The number of piperazine rings is 1. The van der Waals surface area contributed by atoms with Gasteiger partial charge in [0.1, 0.15) is 0 Å². The number of ether oxygens (including phenoxy) is 1. The summed E-state index contributed by atoms with van der Waals surface area (Å²) in [6.45, 7) is 12.3. The number of hydrogen-bond donors (Lipinski definition) is 0. The quantitative estimate of drug-likeness (QED) is 0.693. The van der Waals surface area contributed by atoms with E-state index in [9.17, 15) is 0 Å². The predicted octanol–water partition coefficient (Wildman–Crippen LogP) is 3.68. The van der Waals surface area contributed by atoms with Crippen LogP contribution in [-0.4, -0.2) is 84.6 Å². The summed E-state index contributed by atoms with van der Waals surface area (Å²) in [6, 6.07) is 10.1. The molecular weight excluding hydrogens is 421 g/mol. The van der Waals surface area contributed by atoms with Gasteiger partial charge in [-0.25, -0.2) is 0 Å². The van der Waals surface area contributed by atoms with Gasteiger partial charge in [-0.05, 0) is 38.1 Å². The fourth-order valence-corrected chi connectivity index (χ4v) is 4.37. The maximum Gasteiger partial charge on any atom is 0.151 e. The van der Waals surface area contributed by atoms with Crippen LogP contribution < -0.4 is 4.90 Å². The zero-order valence-corrected chi connectivity index (χ0v) is 19.1. The van der Waals surface area contributed by atoms with Crippen molar-refractivity contribution in [2.45, 2.75) is 26.0 Å². The first-order chi connectivity index (χ1) is 14.5. The lowest BCUT2D eigenvalue weighted by atomic mass is 10.1. The number of nitrogens with zero attached hydrogens (tertiary/aromatic N) is 5. The molecule has 0 saturated carbocycles. The lowest BCUT2D eigenvalue weighted by Gasteiger charge is -2.40. The molecule has 2 fully saturated rings. The highest BCUT2D eigenvalue weighted by molar-refractivity contribution is 6.42. The van der Waals surface area contributed by atoms with Gasteiger partial charge in [-0.15, -0.1) is 10.2 Å². The number of benzene rings is 1. The number of morpholine rings is 1. The first-order valence-corrected chi connectivity index (χ1v) is 11.4. The highest BCUT2D eigenvalue weighted by atomic mass is 35.5. The number of rotatable bonds is 5. The minimum Gasteiger partial charge on any atom is -0.374 e. The minimum absolute atomic E-state index is 0.304. The van der Waals surface area contributed by atoms with Crippen LogP contribution in [0, 0.1) is 0 Å². The van der Waals surface area contributed by atoms with E-state index >= 15 is 0 Å². The third kappa shape index (κ3) is 5.24. The van der Waals surface area contributed by atoms with Crippen LogP contribution in [0.1, 0.15) is 13.8 Å². The van der Waals surface area contributed by atoms with Gasteiger partial charge in [-0.3, -0.25) is 9.80 Å². The van der Waals surface area contributed by atoms with Crippen molar-refractivity contribution in [2.75, 3.05) is 57.3 Å². The predicted molar refractivity (Wildman–Crippen MR) is 123 cm³/mol. The van der Waals surface area contributed by atoms with E-state index in [1.807, 2.05) is 24.3 Å². The molecule has 0 bridgehead atoms. The highest BCUT2D eigenvalue weighted by Crippen LogP contribution is 2.28. The summed E-state index contributed by atoms with van der Waals surface area (Å²) in [4.78, 5) is 7.31. The maximum absolute atomic E-state index is 6.12. The zero-order chi connectivity index (χ0) is 21.1. The molecule has 1 unspecified atom stereocenters. The average Bonchev–Trinajstić information content (AvgIpc) is 2.76. The fraction of sp³-hybridized carbons (Fsp3) is 0.545. The highest BCUT2D eigenvalue weighted by Gasteiger charge is 2.26. The normalized spacial score (nSPS) is 21.4. The molecule has 2 aliphatic rings. The molecule has 0 amide bonds. The Kier molecular flexibility index (Phi) is 7.11. The van der Waals surface area contributed by atoms with Crippen LogP contribution in [0.2, 0.25) is 10.0 Å². The smallest absolute Gasteiger partial charge is 0.151 e. The lowest BCUT2D eigenvalue weighted by Crippen LogP contribution is -2.53. The Balaban J connectivity index is 1.30. The van der Waals surface area contributed by atoms with Crippen molar-refractivity contribution < 1.29 is 4.74 Å². The van der Waals surface area contributed by atoms with E-state index in [1.54, 1.807) is 6.07 Å². The molecule has 0 radical (unpaired) electrons. The first kappa shape index (κ1) is 21.8. The van der Waals surface area contributed by atoms with Crippen molar-refractivity contribution in [3.8, 4) is 11.3 Å². The molecule has 30 heavy (non-hydrogen) atoms. The summed E-state index contributed by atoms with van der Waals surface area (Å²) in [5, 5.41) is 9.91. The Labute approximate surface area is 188 Å². The Hall–Kier alpha value is -1.44. The summed E-state index contributed by atoms with van der Waals surface area (Å²) in [7, 11) is 0. The van der Waals surface area contributed by atoms with Crippen LogP contribution in [0.3, 0.4) is 0 Å². The summed E-state index contributed by atoms with van der Waals surface area (Å²) in [6.07, 6.45) is 0.304. The topological polar surface area (TPSA) is 44.7 Å². The van der Waals surface area contributed by atoms with Crippen LogP contribution in [0.4, 0.5) is 5.82 Å². The second-order valence-electron chi connectivity index (χ2n) is 8.27. The SMILES string of the molecule is CC(C)N1CCOC(CN2CCN(c3ccc(-c4ccc(Cl)c(Cl)c4)nn3)CC2)C1. The van der Waals surface area contributed by atoms with E-state index in [-0.39, 0.29) is 0 Å². The van der Waals surface area contributed by atoms with E-state index < -0.39 is 0 Å². The lowest BCUT2D eigenvalue weighted by molar-refractivity contribution is -0.0525. The summed E-state index contributed by atoms with van der Waals surface area (Å²) >= 11 is 12.1. The van der Waals surface area contributed by atoms with Crippen LogP contribution in [0.15, 0.2) is 30.3 Å². The van der Waals surface area contributed by atoms with Crippen LogP contribution in [0.5, 0.6) is 0 Å². The second-order valence-corrected chi connectivity index (χ2v) is 9.09. The molecule has 162 valence electrons. The molecule has 1 aromatic carbocycles. The van der Waals surface area contributed by atoms with Crippen molar-refractivity contribution in [3.05, 3.63) is 40.4 Å². The molecule has 0 aliphatic carbocycles. The van der Waals surface area contributed by atoms with E-state index in [2.05, 4.69) is 38.7 Å². The van der Waals surface area contributed by atoms with Crippen molar-refractivity contribution in [1.29, 1.82) is 0 Å². The molecule has 2 aromatic rings. The molecule has 0 spiro atoms. The molecule has 3 heterocycles. The van der Waals surface area contributed by atoms with Crippen LogP contribution in [-0.2, 0) is 4.74 Å². The van der Waals surface area contributed by atoms with Crippen LogP contribution >= 0.6 is 23.2 Å². The number of aromatic nitrogens is 2. The van der Waals surface area contributed by atoms with E-state index in [4.69, 9.17) is 27.9 Å². The monoisotopic (exact) mass is 449 g/mol. The maximum atomic E-state index is 6.12. The first-order valence-electron chi connectivity index (χ1n) is 10.6. The zero-order valence-electron chi connectivity index (χ0n) is 17.6. The van der Waals surface area contributed by atoms with Gasteiger partial charge >= 0.3 is 0 Å². The third-order valence-electron chi connectivity index (χ3n) is 5.92. The van der Waals surface area contributed by atoms with Crippen molar-refractivity contribution in [1.82, 2.24) is 20.0 Å². The van der Waals surface area contributed by atoms with E-state index in [0.717, 1.165) is 69.5 Å². The average molecular weight is 450 g/mol. The van der Waals surface area contributed by atoms with Gasteiger partial charge in [0.15, 0.2) is 5.82 Å². The van der Waals surface area contributed by atoms with Gasteiger partial charge in [-0.2, -0.15) is 0 Å². The number of halogens is 2. The van der Waals surface area contributed by atoms with Crippen molar-refractivity contribution in [2.24, 2.45) is 0 Å². The molecule has 0 N–H and O–H groups in total. The Morgan fingerprint density at radius 2 is 1.80 bits per heavy atom. The van der Waals surface area contributed by atoms with E-state index in [0.29, 0.717) is 22.2 Å². The Morgan fingerprint density at radius 3 is 2.47 bits per heavy atom. The Morgan fingerprint density at radius 1 is 1.00 bits per heavy atom. The molecule has 1 atom stereocenters. The summed E-state index contributed by atoms with van der Waals surface area (Å²) < 4.78 is 6.01. The largest absolute Gasteiger partial charge is 0.374 e. The standard InChI is InChI=1S/C22H29Cl2N5O/c1-16(2)29-11-12-30-18(15-29)14-27-7-9-28(10-8-27)22-6-5-21(25-26-22)17-3-4-19(23)20(24)13-17/h3-6,13,16,18H,7-12,14-15H2,1-2H3. The van der Waals surface area contributed by atoms with Gasteiger partial charge in [0, 0.05) is 57.4 Å². The van der Waals surface area contributed by atoms with Gasteiger partial charge in [0.25, 0.3) is 0 Å². The molecule has 2 saturated heterocycles. The van der Waals surface area contributed by atoms with Gasteiger partial charge in [-0.1, -0.05) is 29.3 Å². The fourth-order valence-electron chi connectivity index (χ4n) is 4.07. The van der Waals surface area contributed by atoms with Gasteiger partial charge in [0.05, 0.1) is 28.5 Å². The van der Waals surface area contributed by atoms with Crippen molar-refractivity contribution >= 4 is 29.0 Å². The molecule has 2 aliphatic heterocycles. The molecule has 1 aromatic heterocycles. The molecule has 6 nitrogen and oxygen atoms in total. The van der Waals surface area contributed by atoms with Gasteiger partial charge < -0.3 is 9.64 Å². The molecular formula is C22H29Cl2N5O.